The van der Waals surface area contributed by atoms with Gasteiger partial charge < -0.3 is 4.74 Å². The molecular weight excluding hydrogens is 458 g/mol. The van der Waals surface area contributed by atoms with E-state index < -0.39 is 10.0 Å². The molecule has 7 nitrogen and oxygen atoms in total. The second kappa shape index (κ2) is 9.79. The normalized spacial score (nSPS) is 15.2. The Balaban J connectivity index is 1.52. The fraction of sp³-hybridized carbons (Fsp3) is 0.417. The monoisotopic (exact) mass is 487 g/mol. The molecule has 4 rings (SSSR count). The van der Waals surface area contributed by atoms with Crippen molar-refractivity contribution in [2.45, 2.75) is 56.9 Å². The molecule has 176 valence electrons. The quantitative estimate of drug-likeness (QED) is 0.494. The van der Waals surface area contributed by atoms with Gasteiger partial charge >= 0.3 is 0 Å². The van der Waals surface area contributed by atoms with Gasteiger partial charge in [-0.3, -0.25) is 10.1 Å². The van der Waals surface area contributed by atoms with Crippen LogP contribution in [0, 0.1) is 6.92 Å². The lowest BCUT2D eigenvalue weighted by molar-refractivity contribution is 0.102. The molecule has 1 fully saturated rings. The van der Waals surface area contributed by atoms with Crippen molar-refractivity contribution in [2.24, 2.45) is 0 Å². The van der Waals surface area contributed by atoms with E-state index in [1.807, 2.05) is 26.0 Å². The molecule has 0 radical (unpaired) electrons. The van der Waals surface area contributed by atoms with Gasteiger partial charge in [-0.1, -0.05) is 43.6 Å². The Hall–Kier alpha value is -2.49. The molecule has 1 amide bonds. The highest BCUT2D eigenvalue weighted by atomic mass is 32.2. The van der Waals surface area contributed by atoms with Crippen molar-refractivity contribution >= 4 is 42.6 Å². The molecule has 1 saturated carbocycles. The summed E-state index contributed by atoms with van der Waals surface area (Å²) < 4.78 is 34.4. The second-order valence-corrected chi connectivity index (χ2v) is 11.1. The largest absolute Gasteiger partial charge is 0.494 e. The lowest BCUT2D eigenvalue weighted by Crippen LogP contribution is -2.41. The van der Waals surface area contributed by atoms with E-state index in [1.165, 1.54) is 29.9 Å². The maximum Gasteiger partial charge on any atom is 0.257 e. The summed E-state index contributed by atoms with van der Waals surface area (Å²) in [5.41, 5.74) is 2.14. The highest BCUT2D eigenvalue weighted by Gasteiger charge is 2.31. The van der Waals surface area contributed by atoms with E-state index in [2.05, 4.69) is 10.3 Å². The molecule has 1 aromatic heterocycles. The average molecular weight is 488 g/mol. The van der Waals surface area contributed by atoms with Crippen molar-refractivity contribution in [2.75, 3.05) is 19.0 Å². The molecule has 0 atom stereocenters. The zero-order valence-electron chi connectivity index (χ0n) is 19.1. The van der Waals surface area contributed by atoms with E-state index in [-0.39, 0.29) is 16.8 Å². The first kappa shape index (κ1) is 23.7. The molecule has 1 heterocycles. The fourth-order valence-electron chi connectivity index (χ4n) is 4.40. The number of thiazole rings is 1. The van der Waals surface area contributed by atoms with Crippen LogP contribution in [0.2, 0.25) is 0 Å². The maximum atomic E-state index is 13.2. The third-order valence-corrected chi connectivity index (χ3v) is 9.31. The SMILES string of the molecule is CCN(C1CCCCC1)S(=O)(=O)c1ccc(C(=O)Nc2nc3c(OC)ccc(C)c3s2)cc1. The van der Waals surface area contributed by atoms with Crippen molar-refractivity contribution in [1.82, 2.24) is 9.29 Å². The second-order valence-electron chi connectivity index (χ2n) is 8.26. The number of nitrogens with zero attached hydrogens (tertiary/aromatic N) is 2. The molecule has 9 heteroatoms. The summed E-state index contributed by atoms with van der Waals surface area (Å²) in [7, 11) is -2.02. The van der Waals surface area contributed by atoms with Gasteiger partial charge in [0.15, 0.2) is 5.13 Å². The molecule has 3 aromatic rings. The van der Waals surface area contributed by atoms with Crippen molar-refractivity contribution in [3.63, 3.8) is 0 Å². The summed E-state index contributed by atoms with van der Waals surface area (Å²) in [6.45, 7) is 4.30. The Kier molecular flexibility index (Phi) is 7.02. The van der Waals surface area contributed by atoms with Crippen molar-refractivity contribution in [3.8, 4) is 5.75 Å². The Labute approximate surface area is 198 Å². The summed E-state index contributed by atoms with van der Waals surface area (Å²) in [4.78, 5) is 17.5. The molecule has 0 aliphatic heterocycles. The molecule has 33 heavy (non-hydrogen) atoms. The van der Waals surface area contributed by atoms with E-state index in [9.17, 15) is 13.2 Å². The van der Waals surface area contributed by atoms with E-state index in [0.29, 0.717) is 28.5 Å². The number of amides is 1. The van der Waals surface area contributed by atoms with Gasteiger partial charge in [-0.15, -0.1) is 0 Å². The number of rotatable bonds is 7. The van der Waals surface area contributed by atoms with Gasteiger partial charge in [0.2, 0.25) is 10.0 Å². The molecule has 1 aliphatic rings. The number of ether oxygens (including phenoxy) is 1. The Morgan fingerprint density at radius 3 is 2.48 bits per heavy atom. The molecule has 1 aliphatic carbocycles. The van der Waals surface area contributed by atoms with Gasteiger partial charge in [-0.2, -0.15) is 4.31 Å². The maximum absolute atomic E-state index is 13.2. The van der Waals surface area contributed by atoms with Crippen LogP contribution in [0.1, 0.15) is 54.9 Å². The summed E-state index contributed by atoms with van der Waals surface area (Å²) in [5.74, 6) is 0.314. The minimum Gasteiger partial charge on any atom is -0.494 e. The van der Waals surface area contributed by atoms with E-state index in [4.69, 9.17) is 4.74 Å². The Morgan fingerprint density at radius 2 is 1.85 bits per heavy atom. The van der Waals surface area contributed by atoms with Crippen molar-refractivity contribution < 1.29 is 17.9 Å². The number of methoxy groups -OCH3 is 1. The van der Waals surface area contributed by atoms with Crippen molar-refractivity contribution in [3.05, 3.63) is 47.5 Å². The Bertz CT molecular complexity index is 1250. The van der Waals surface area contributed by atoms with Crippen LogP contribution >= 0.6 is 11.3 Å². The molecular formula is C24H29N3O4S2. The number of fused-ring (bicyclic) bond motifs is 1. The number of carbonyl (C=O) groups excluding carboxylic acids is 1. The fourth-order valence-corrected chi connectivity index (χ4v) is 7.04. The molecule has 1 N–H and O–H groups in total. The topological polar surface area (TPSA) is 88.6 Å². The van der Waals surface area contributed by atoms with Crippen LogP contribution in [0.15, 0.2) is 41.3 Å². The Morgan fingerprint density at radius 1 is 1.15 bits per heavy atom. The first-order valence-electron chi connectivity index (χ1n) is 11.2. The van der Waals surface area contributed by atoms with Crippen molar-refractivity contribution in [1.29, 1.82) is 0 Å². The standard InChI is InChI=1S/C24H29N3O4S2/c1-4-27(18-8-6-5-7-9-18)33(29,30)19-13-11-17(12-14-19)23(28)26-24-25-21-20(31-3)15-10-16(2)22(21)32-24/h10-15,18H,4-9H2,1-3H3,(H,25,26,28). The summed E-state index contributed by atoms with van der Waals surface area (Å²) >= 11 is 1.38. The number of benzene rings is 2. The molecule has 0 unspecified atom stereocenters. The number of hydrogen-bond acceptors (Lipinski definition) is 6. The molecule has 0 bridgehead atoms. The van der Waals surface area contributed by atoms with Crippen LogP contribution in [-0.4, -0.2) is 43.3 Å². The smallest absolute Gasteiger partial charge is 0.257 e. The minimum atomic E-state index is -3.60. The minimum absolute atomic E-state index is 0.0520. The highest BCUT2D eigenvalue weighted by Crippen LogP contribution is 2.35. The average Bonchev–Trinajstić information content (AvgIpc) is 3.25. The summed E-state index contributed by atoms with van der Waals surface area (Å²) in [5, 5.41) is 3.29. The summed E-state index contributed by atoms with van der Waals surface area (Å²) in [6, 6.07) is 10.00. The zero-order chi connectivity index (χ0) is 23.6. The molecule has 0 saturated heterocycles. The predicted molar refractivity (Wildman–Crippen MR) is 132 cm³/mol. The third-order valence-electron chi connectivity index (χ3n) is 6.16. The highest BCUT2D eigenvalue weighted by molar-refractivity contribution is 7.89. The third kappa shape index (κ3) is 4.76. The van der Waals surface area contributed by atoms with Gasteiger partial charge in [0.25, 0.3) is 5.91 Å². The van der Waals surface area contributed by atoms with E-state index in [1.54, 1.807) is 23.5 Å². The van der Waals surface area contributed by atoms with Crippen LogP contribution in [0.3, 0.4) is 0 Å². The van der Waals surface area contributed by atoms with Crippen LogP contribution in [0.5, 0.6) is 5.75 Å². The molecule has 2 aromatic carbocycles. The van der Waals surface area contributed by atoms with E-state index >= 15 is 0 Å². The number of hydrogen-bond donors (Lipinski definition) is 1. The zero-order valence-corrected chi connectivity index (χ0v) is 20.8. The lowest BCUT2D eigenvalue weighted by Gasteiger charge is -2.32. The van der Waals surface area contributed by atoms with Crippen LogP contribution in [0.4, 0.5) is 5.13 Å². The lowest BCUT2D eigenvalue weighted by atomic mass is 9.95. The van der Waals surface area contributed by atoms with Crippen LogP contribution < -0.4 is 10.1 Å². The number of sulfonamides is 1. The van der Waals surface area contributed by atoms with Gasteiger partial charge in [-0.25, -0.2) is 13.4 Å². The number of aromatic nitrogens is 1. The van der Waals surface area contributed by atoms with Gasteiger partial charge in [0, 0.05) is 18.2 Å². The van der Waals surface area contributed by atoms with Crippen LogP contribution in [0.25, 0.3) is 10.2 Å². The number of nitrogens with one attached hydrogen (secondary N) is 1. The van der Waals surface area contributed by atoms with Gasteiger partial charge in [0.05, 0.1) is 16.7 Å². The number of carbonyl (C=O) groups is 1. The molecule has 0 spiro atoms. The first-order chi connectivity index (χ1) is 15.8. The number of aryl methyl sites for hydroxylation is 1. The number of anilines is 1. The summed E-state index contributed by atoms with van der Waals surface area (Å²) in [6.07, 6.45) is 5.10. The van der Waals surface area contributed by atoms with Gasteiger partial charge in [-0.05, 0) is 55.7 Å². The van der Waals surface area contributed by atoms with Gasteiger partial charge in [0.1, 0.15) is 11.3 Å². The first-order valence-corrected chi connectivity index (χ1v) is 13.5. The van der Waals surface area contributed by atoms with Crippen LogP contribution in [-0.2, 0) is 10.0 Å². The predicted octanol–water partition coefficient (Wildman–Crippen LogP) is 5.21. The van der Waals surface area contributed by atoms with E-state index in [0.717, 1.165) is 35.9 Å².